The maximum Gasteiger partial charge on any atom is 0.132 e. The average molecular weight is 257 g/mol. The minimum atomic E-state index is -0.0575. The number of hydrogen-bond donors (Lipinski definition) is 1. The largest absolute Gasteiger partial charge is 0.383 e. The van der Waals surface area contributed by atoms with Crippen LogP contribution < -0.4 is 5.73 Å². The summed E-state index contributed by atoms with van der Waals surface area (Å²) in [6.45, 7) is 12.6. The molecule has 0 aliphatic heterocycles. The number of rotatable bonds is 1. The number of nitrogen functional groups attached to an aromatic ring is 1. The molecule has 2 N–H and O–H groups in total. The van der Waals surface area contributed by atoms with E-state index in [0.29, 0.717) is 0 Å². The maximum atomic E-state index is 6.33. The maximum absolute atomic E-state index is 6.33. The first-order valence-electron chi connectivity index (χ1n) is 6.64. The second kappa shape index (κ2) is 4.41. The summed E-state index contributed by atoms with van der Waals surface area (Å²) in [4.78, 5) is 4.68. The van der Waals surface area contributed by atoms with Crippen LogP contribution in [-0.4, -0.2) is 9.55 Å². The van der Waals surface area contributed by atoms with Crippen molar-refractivity contribution in [1.82, 2.24) is 9.55 Å². The SMILES string of the molecule is Cc1ccc(-c2nc(C)n(C(C)(C)C)c2N)c(C)c1. The standard InChI is InChI=1S/C16H23N3/c1-10-7-8-13(11(2)9-10)14-15(17)19(12(3)18-14)16(4,5)6/h7-9H,17H2,1-6H3. The van der Waals surface area contributed by atoms with Crippen LogP contribution >= 0.6 is 0 Å². The number of nitrogens with zero attached hydrogens (tertiary/aromatic N) is 2. The zero-order valence-electron chi connectivity index (χ0n) is 12.7. The Morgan fingerprint density at radius 2 is 1.74 bits per heavy atom. The summed E-state index contributed by atoms with van der Waals surface area (Å²) in [7, 11) is 0. The van der Waals surface area contributed by atoms with Crippen LogP contribution in [0.5, 0.6) is 0 Å². The van der Waals surface area contributed by atoms with Crippen LogP contribution in [0.3, 0.4) is 0 Å². The van der Waals surface area contributed by atoms with Gasteiger partial charge in [-0.05, 0) is 47.1 Å². The zero-order chi connectivity index (χ0) is 14.4. The van der Waals surface area contributed by atoms with E-state index in [2.05, 4.69) is 62.4 Å². The van der Waals surface area contributed by atoms with Crippen LogP contribution in [0.25, 0.3) is 11.3 Å². The molecule has 0 radical (unpaired) electrons. The number of nitrogens with two attached hydrogens (primary N) is 1. The molecule has 0 saturated carbocycles. The molecule has 2 aromatic rings. The second-order valence-electron chi connectivity index (χ2n) is 6.22. The van der Waals surface area contributed by atoms with E-state index in [1.807, 2.05) is 6.92 Å². The van der Waals surface area contributed by atoms with Crippen LogP contribution in [0.15, 0.2) is 18.2 Å². The highest BCUT2D eigenvalue weighted by Gasteiger charge is 2.23. The molecule has 3 heteroatoms. The van der Waals surface area contributed by atoms with Gasteiger partial charge in [-0.15, -0.1) is 0 Å². The van der Waals surface area contributed by atoms with E-state index in [4.69, 9.17) is 5.73 Å². The fourth-order valence-electron chi connectivity index (χ4n) is 2.67. The Morgan fingerprint density at radius 1 is 1.11 bits per heavy atom. The lowest BCUT2D eigenvalue weighted by atomic mass is 10.0. The molecule has 1 heterocycles. The van der Waals surface area contributed by atoms with Gasteiger partial charge in [0.25, 0.3) is 0 Å². The Kier molecular flexibility index (Phi) is 3.17. The minimum Gasteiger partial charge on any atom is -0.383 e. The number of anilines is 1. The number of hydrogen-bond acceptors (Lipinski definition) is 2. The number of imidazole rings is 1. The molecule has 3 nitrogen and oxygen atoms in total. The normalized spacial score (nSPS) is 11.9. The van der Waals surface area contributed by atoms with Gasteiger partial charge in [0.1, 0.15) is 17.3 Å². The van der Waals surface area contributed by atoms with Crippen molar-refractivity contribution >= 4 is 5.82 Å². The summed E-state index contributed by atoms with van der Waals surface area (Å²) in [5.74, 6) is 1.71. The van der Waals surface area contributed by atoms with Gasteiger partial charge in [0.15, 0.2) is 0 Å². The molecule has 0 amide bonds. The average Bonchev–Trinajstić information content (AvgIpc) is 2.53. The molecule has 0 unspecified atom stereocenters. The first-order valence-corrected chi connectivity index (χ1v) is 6.64. The molecule has 1 aromatic heterocycles. The molecule has 0 aliphatic rings. The van der Waals surface area contributed by atoms with Crippen molar-refractivity contribution in [2.45, 2.75) is 47.1 Å². The molecule has 0 saturated heterocycles. The van der Waals surface area contributed by atoms with E-state index in [-0.39, 0.29) is 5.54 Å². The van der Waals surface area contributed by atoms with E-state index >= 15 is 0 Å². The molecular formula is C16H23N3. The highest BCUT2D eigenvalue weighted by atomic mass is 15.2. The molecule has 0 spiro atoms. The Bertz CT molecular complexity index is 616. The topological polar surface area (TPSA) is 43.8 Å². The van der Waals surface area contributed by atoms with Gasteiger partial charge in [-0.2, -0.15) is 0 Å². The predicted molar refractivity (Wildman–Crippen MR) is 81.3 cm³/mol. The first-order chi connectivity index (χ1) is 8.71. The predicted octanol–water partition coefficient (Wildman–Crippen LogP) is 3.81. The van der Waals surface area contributed by atoms with E-state index in [0.717, 1.165) is 22.9 Å². The van der Waals surface area contributed by atoms with E-state index in [1.165, 1.54) is 11.1 Å². The number of benzene rings is 1. The van der Waals surface area contributed by atoms with Crippen LogP contribution in [0.2, 0.25) is 0 Å². The molecule has 1 aromatic carbocycles. The van der Waals surface area contributed by atoms with Gasteiger partial charge < -0.3 is 10.3 Å². The Balaban J connectivity index is 2.65. The fraction of sp³-hybridized carbons (Fsp3) is 0.438. The van der Waals surface area contributed by atoms with E-state index in [1.54, 1.807) is 0 Å². The summed E-state index contributed by atoms with van der Waals surface area (Å²) in [5, 5.41) is 0. The van der Waals surface area contributed by atoms with Gasteiger partial charge in [0.2, 0.25) is 0 Å². The van der Waals surface area contributed by atoms with Crippen LogP contribution in [0.4, 0.5) is 5.82 Å². The third kappa shape index (κ3) is 2.37. The van der Waals surface area contributed by atoms with Crippen molar-refractivity contribution in [3.05, 3.63) is 35.2 Å². The number of aromatic nitrogens is 2. The molecule has 0 fully saturated rings. The highest BCUT2D eigenvalue weighted by Crippen LogP contribution is 2.32. The first kappa shape index (κ1) is 13.7. The van der Waals surface area contributed by atoms with Crippen molar-refractivity contribution in [2.24, 2.45) is 0 Å². The number of aryl methyl sites for hydroxylation is 3. The summed E-state index contributed by atoms with van der Waals surface area (Å²) < 4.78 is 2.10. The summed E-state index contributed by atoms with van der Waals surface area (Å²) in [6.07, 6.45) is 0. The summed E-state index contributed by atoms with van der Waals surface area (Å²) in [6, 6.07) is 6.38. The third-order valence-electron chi connectivity index (χ3n) is 3.39. The van der Waals surface area contributed by atoms with E-state index in [9.17, 15) is 0 Å². The van der Waals surface area contributed by atoms with Gasteiger partial charge in [-0.1, -0.05) is 23.8 Å². The lowest BCUT2D eigenvalue weighted by Gasteiger charge is -2.24. The third-order valence-corrected chi connectivity index (χ3v) is 3.39. The van der Waals surface area contributed by atoms with Gasteiger partial charge >= 0.3 is 0 Å². The Morgan fingerprint density at radius 3 is 2.21 bits per heavy atom. The van der Waals surface area contributed by atoms with Gasteiger partial charge in [-0.25, -0.2) is 4.98 Å². The molecule has 0 bridgehead atoms. The Labute approximate surface area is 115 Å². The Hall–Kier alpha value is -1.77. The summed E-state index contributed by atoms with van der Waals surface area (Å²) in [5.41, 5.74) is 10.8. The minimum absolute atomic E-state index is 0.0575. The highest BCUT2D eigenvalue weighted by molar-refractivity contribution is 5.74. The van der Waals surface area contributed by atoms with Crippen molar-refractivity contribution in [2.75, 3.05) is 5.73 Å². The molecule has 0 atom stereocenters. The second-order valence-corrected chi connectivity index (χ2v) is 6.22. The summed E-state index contributed by atoms with van der Waals surface area (Å²) >= 11 is 0. The van der Waals surface area contributed by atoms with Gasteiger partial charge in [0, 0.05) is 11.1 Å². The molecule has 2 rings (SSSR count). The van der Waals surface area contributed by atoms with Gasteiger partial charge in [-0.3, -0.25) is 0 Å². The van der Waals surface area contributed by atoms with Crippen LogP contribution in [-0.2, 0) is 5.54 Å². The van der Waals surface area contributed by atoms with Crippen LogP contribution in [0.1, 0.15) is 37.7 Å². The van der Waals surface area contributed by atoms with E-state index < -0.39 is 0 Å². The molecular weight excluding hydrogens is 234 g/mol. The van der Waals surface area contributed by atoms with Crippen molar-refractivity contribution in [3.8, 4) is 11.3 Å². The lowest BCUT2D eigenvalue weighted by Crippen LogP contribution is -2.24. The fourth-order valence-corrected chi connectivity index (χ4v) is 2.67. The van der Waals surface area contributed by atoms with Crippen molar-refractivity contribution in [3.63, 3.8) is 0 Å². The molecule has 0 aliphatic carbocycles. The van der Waals surface area contributed by atoms with Gasteiger partial charge in [0.05, 0.1) is 0 Å². The lowest BCUT2D eigenvalue weighted by molar-refractivity contribution is 0.393. The quantitative estimate of drug-likeness (QED) is 0.844. The van der Waals surface area contributed by atoms with Crippen molar-refractivity contribution in [1.29, 1.82) is 0 Å². The smallest absolute Gasteiger partial charge is 0.132 e. The van der Waals surface area contributed by atoms with Crippen LogP contribution in [0, 0.1) is 20.8 Å². The zero-order valence-corrected chi connectivity index (χ0v) is 12.7. The van der Waals surface area contributed by atoms with Crippen molar-refractivity contribution < 1.29 is 0 Å². The molecule has 19 heavy (non-hydrogen) atoms. The molecule has 102 valence electrons. The monoisotopic (exact) mass is 257 g/mol.